The van der Waals surface area contributed by atoms with Gasteiger partial charge in [-0.25, -0.2) is 13.6 Å². The van der Waals surface area contributed by atoms with Crippen molar-refractivity contribution in [2.24, 2.45) is 0 Å². The normalized spacial score (nSPS) is 12.7. The monoisotopic (exact) mass is 299 g/mol. The van der Waals surface area contributed by atoms with Crippen LogP contribution in [0.3, 0.4) is 0 Å². The number of halogens is 2. The van der Waals surface area contributed by atoms with Gasteiger partial charge in [-0.15, -0.1) is 0 Å². The highest BCUT2D eigenvalue weighted by molar-refractivity contribution is 5.96. The highest BCUT2D eigenvalue weighted by Gasteiger charge is 2.20. The van der Waals surface area contributed by atoms with Crippen LogP contribution < -0.4 is 5.32 Å². The molecule has 0 saturated carbocycles. The van der Waals surface area contributed by atoms with Crippen molar-refractivity contribution in [3.8, 4) is 0 Å². The molecule has 0 aromatic heterocycles. The molecule has 1 unspecified atom stereocenters. The maximum absolute atomic E-state index is 13.5. The molecule has 116 valence electrons. The second-order valence-electron chi connectivity index (χ2n) is 5.80. The van der Waals surface area contributed by atoms with Crippen LogP contribution in [0.1, 0.15) is 44.5 Å². The van der Waals surface area contributed by atoms with E-state index < -0.39 is 35.2 Å². The van der Waals surface area contributed by atoms with Crippen molar-refractivity contribution >= 4 is 11.9 Å². The first kappa shape index (κ1) is 17.1. The van der Waals surface area contributed by atoms with Gasteiger partial charge in [-0.05, 0) is 45.9 Å². The second kappa shape index (κ2) is 6.65. The topological polar surface area (TPSA) is 55.4 Å². The highest BCUT2D eigenvalue weighted by atomic mass is 19.1. The molecule has 1 rings (SSSR count). The molecule has 0 saturated heterocycles. The van der Waals surface area contributed by atoms with E-state index in [0.29, 0.717) is 0 Å². The van der Waals surface area contributed by atoms with E-state index in [0.717, 1.165) is 18.2 Å². The average molecular weight is 299 g/mol. The van der Waals surface area contributed by atoms with Gasteiger partial charge in [-0.1, -0.05) is 0 Å². The molecule has 1 atom stereocenters. The molecule has 1 aromatic carbocycles. The van der Waals surface area contributed by atoms with Gasteiger partial charge in [0.1, 0.15) is 17.2 Å². The Bertz CT molecular complexity index is 538. The highest BCUT2D eigenvalue weighted by Crippen LogP contribution is 2.13. The Morgan fingerprint density at radius 1 is 1.29 bits per heavy atom. The predicted octanol–water partition coefficient (Wildman–Crippen LogP) is 3.45. The molecule has 1 aromatic rings. The second-order valence-corrected chi connectivity index (χ2v) is 5.80. The summed E-state index contributed by atoms with van der Waals surface area (Å²) in [5.41, 5.74) is -0.976. The van der Waals surface area contributed by atoms with E-state index in [1.165, 1.54) is 0 Å². The minimum atomic E-state index is -0.786. The molecule has 0 radical (unpaired) electrons. The molecule has 4 nitrogen and oxygen atoms in total. The number of hydrogen-bond acceptors (Lipinski definition) is 3. The number of benzene rings is 1. The van der Waals surface area contributed by atoms with Gasteiger partial charge in [0.05, 0.1) is 5.56 Å². The molecular weight excluding hydrogens is 280 g/mol. The molecule has 0 aliphatic carbocycles. The van der Waals surface area contributed by atoms with Crippen molar-refractivity contribution in [2.45, 2.75) is 45.8 Å². The van der Waals surface area contributed by atoms with Gasteiger partial charge in [0.2, 0.25) is 0 Å². The third kappa shape index (κ3) is 5.89. The van der Waals surface area contributed by atoms with E-state index in [-0.39, 0.29) is 12.0 Å². The van der Waals surface area contributed by atoms with Crippen molar-refractivity contribution in [1.82, 2.24) is 5.32 Å². The Labute approximate surface area is 122 Å². The molecule has 0 aliphatic rings. The number of ketones is 1. The van der Waals surface area contributed by atoms with Crippen LogP contribution in [0.5, 0.6) is 0 Å². The van der Waals surface area contributed by atoms with Crippen LogP contribution in [0, 0.1) is 11.6 Å². The number of carbonyl (C=O) groups excluding carboxylic acids is 2. The quantitative estimate of drug-likeness (QED) is 0.866. The Kier molecular flexibility index (Phi) is 5.41. The zero-order valence-electron chi connectivity index (χ0n) is 12.5. The standard InChI is InChI=1S/C15H19F2NO3/c1-9(18-14(20)21-15(2,3)4)7-13(19)11-8-10(16)5-6-12(11)17/h5-6,8-9H,7H2,1-4H3,(H,18,20). The molecule has 0 fully saturated rings. The van der Waals surface area contributed by atoms with E-state index in [1.807, 2.05) is 0 Å². The number of ether oxygens (including phenoxy) is 1. The Morgan fingerprint density at radius 2 is 1.90 bits per heavy atom. The van der Waals surface area contributed by atoms with Gasteiger partial charge >= 0.3 is 6.09 Å². The largest absolute Gasteiger partial charge is 0.444 e. The first-order valence-electron chi connectivity index (χ1n) is 6.56. The number of hydrogen-bond donors (Lipinski definition) is 1. The smallest absolute Gasteiger partial charge is 0.407 e. The van der Waals surface area contributed by atoms with E-state index in [9.17, 15) is 18.4 Å². The summed E-state index contributed by atoms with van der Waals surface area (Å²) in [5.74, 6) is -2.06. The third-order valence-electron chi connectivity index (χ3n) is 2.48. The molecule has 1 amide bonds. The first-order chi connectivity index (χ1) is 9.58. The lowest BCUT2D eigenvalue weighted by molar-refractivity contribution is 0.0506. The van der Waals surface area contributed by atoms with E-state index >= 15 is 0 Å². The summed E-state index contributed by atoms with van der Waals surface area (Å²) >= 11 is 0. The Morgan fingerprint density at radius 3 is 2.48 bits per heavy atom. The van der Waals surface area contributed by atoms with E-state index in [2.05, 4.69) is 5.32 Å². The number of amides is 1. The van der Waals surface area contributed by atoms with Crippen LogP contribution in [-0.2, 0) is 4.74 Å². The summed E-state index contributed by atoms with van der Waals surface area (Å²) in [6.07, 6.45) is -0.817. The summed E-state index contributed by atoms with van der Waals surface area (Å²) in [5, 5.41) is 2.47. The molecule has 0 bridgehead atoms. The fourth-order valence-corrected chi connectivity index (χ4v) is 1.66. The first-order valence-corrected chi connectivity index (χ1v) is 6.56. The average Bonchev–Trinajstić information content (AvgIpc) is 2.29. The van der Waals surface area contributed by atoms with Crippen LogP contribution in [-0.4, -0.2) is 23.5 Å². The number of Topliss-reactive ketones (excluding diaryl/α,β-unsaturated/α-hetero) is 1. The van der Waals surface area contributed by atoms with E-state index in [4.69, 9.17) is 4.74 Å². The number of rotatable bonds is 4. The summed E-state index contributed by atoms with van der Waals surface area (Å²) in [6.45, 7) is 6.72. The van der Waals surface area contributed by atoms with Gasteiger partial charge in [0, 0.05) is 12.5 Å². The number of nitrogens with one attached hydrogen (secondary N) is 1. The molecule has 21 heavy (non-hydrogen) atoms. The van der Waals surface area contributed by atoms with Gasteiger partial charge in [-0.3, -0.25) is 4.79 Å². The summed E-state index contributed by atoms with van der Waals surface area (Å²) in [6, 6.07) is 2.12. The Balaban J connectivity index is 2.62. The fourth-order valence-electron chi connectivity index (χ4n) is 1.66. The van der Waals surface area contributed by atoms with E-state index in [1.54, 1.807) is 27.7 Å². The van der Waals surface area contributed by atoms with Crippen molar-refractivity contribution in [2.75, 3.05) is 0 Å². The Hall–Kier alpha value is -1.98. The van der Waals surface area contributed by atoms with Crippen LogP contribution in [0.15, 0.2) is 18.2 Å². The van der Waals surface area contributed by atoms with Crippen LogP contribution in [0.2, 0.25) is 0 Å². The summed E-state index contributed by atoms with van der Waals surface area (Å²) in [4.78, 5) is 23.4. The zero-order valence-corrected chi connectivity index (χ0v) is 12.5. The summed E-state index contributed by atoms with van der Waals surface area (Å²) < 4.78 is 31.5. The minimum Gasteiger partial charge on any atom is -0.444 e. The van der Waals surface area contributed by atoms with Gasteiger partial charge in [0.25, 0.3) is 0 Å². The lowest BCUT2D eigenvalue weighted by Gasteiger charge is -2.21. The number of carbonyl (C=O) groups is 2. The van der Waals surface area contributed by atoms with Gasteiger partial charge < -0.3 is 10.1 Å². The molecule has 1 N–H and O–H groups in total. The maximum atomic E-state index is 13.5. The van der Waals surface area contributed by atoms with Crippen LogP contribution in [0.4, 0.5) is 13.6 Å². The fraction of sp³-hybridized carbons (Fsp3) is 0.467. The van der Waals surface area contributed by atoms with Crippen LogP contribution >= 0.6 is 0 Å². The zero-order chi connectivity index (χ0) is 16.2. The molecule has 6 heteroatoms. The summed E-state index contributed by atoms with van der Waals surface area (Å²) in [7, 11) is 0. The van der Waals surface area contributed by atoms with Crippen LogP contribution in [0.25, 0.3) is 0 Å². The SMILES string of the molecule is CC(CC(=O)c1cc(F)ccc1F)NC(=O)OC(C)(C)C. The van der Waals surface area contributed by atoms with Gasteiger partial charge in [-0.2, -0.15) is 0 Å². The molecule has 0 aliphatic heterocycles. The lowest BCUT2D eigenvalue weighted by atomic mass is 10.0. The van der Waals surface area contributed by atoms with Crippen molar-refractivity contribution in [3.05, 3.63) is 35.4 Å². The van der Waals surface area contributed by atoms with Crippen molar-refractivity contribution in [3.63, 3.8) is 0 Å². The minimum absolute atomic E-state index is 0.153. The number of alkyl carbamates (subject to hydrolysis) is 1. The van der Waals surface area contributed by atoms with Crippen molar-refractivity contribution < 1.29 is 23.1 Å². The van der Waals surface area contributed by atoms with Crippen molar-refractivity contribution in [1.29, 1.82) is 0 Å². The molecule has 0 spiro atoms. The third-order valence-corrected chi connectivity index (χ3v) is 2.48. The molecule has 0 heterocycles. The lowest BCUT2D eigenvalue weighted by Crippen LogP contribution is -2.38. The maximum Gasteiger partial charge on any atom is 0.407 e. The van der Waals surface area contributed by atoms with Gasteiger partial charge in [0.15, 0.2) is 5.78 Å². The molecular formula is C15H19F2NO3. The predicted molar refractivity (Wildman–Crippen MR) is 74.1 cm³/mol.